The molecule has 0 aliphatic rings. The molecule has 2 aromatic carbocycles. The molecule has 0 unspecified atom stereocenters. The van der Waals surface area contributed by atoms with E-state index in [-0.39, 0.29) is 5.54 Å². The van der Waals surface area contributed by atoms with Crippen LogP contribution < -0.4 is 5.32 Å². The van der Waals surface area contributed by atoms with Crippen molar-refractivity contribution in [2.45, 2.75) is 33.2 Å². The van der Waals surface area contributed by atoms with E-state index in [9.17, 15) is 5.26 Å². The molecule has 22 heavy (non-hydrogen) atoms. The normalized spacial score (nSPS) is 11.9. The number of aliphatic imine (C=N–C) groups is 1. The predicted molar refractivity (Wildman–Crippen MR) is 92.2 cm³/mol. The maximum Gasteiger partial charge on any atom is 0.133 e. The molecular formula is C19H21N3. The first-order valence-electron chi connectivity index (χ1n) is 7.32. The van der Waals surface area contributed by atoms with Crippen LogP contribution in [0.25, 0.3) is 0 Å². The summed E-state index contributed by atoms with van der Waals surface area (Å²) in [5.74, 6) is 0.806. The van der Waals surface area contributed by atoms with Crippen molar-refractivity contribution >= 4 is 11.5 Å². The van der Waals surface area contributed by atoms with E-state index in [1.54, 1.807) is 0 Å². The van der Waals surface area contributed by atoms with E-state index in [0.717, 1.165) is 22.6 Å². The fraction of sp³-hybridized carbons (Fsp3) is 0.263. The van der Waals surface area contributed by atoms with Gasteiger partial charge < -0.3 is 5.32 Å². The third kappa shape index (κ3) is 4.20. The van der Waals surface area contributed by atoms with Gasteiger partial charge in [-0.3, -0.25) is 4.99 Å². The summed E-state index contributed by atoms with van der Waals surface area (Å²) in [7, 11) is 0. The summed E-state index contributed by atoms with van der Waals surface area (Å²) in [6.45, 7) is 8.12. The van der Waals surface area contributed by atoms with E-state index in [0.29, 0.717) is 5.56 Å². The Kier molecular flexibility index (Phi) is 4.62. The number of benzene rings is 2. The second-order valence-corrected chi connectivity index (χ2v) is 6.26. The van der Waals surface area contributed by atoms with Gasteiger partial charge in [-0.2, -0.15) is 5.26 Å². The molecule has 0 atom stereocenters. The Morgan fingerprint density at radius 2 is 1.77 bits per heavy atom. The third-order valence-corrected chi connectivity index (χ3v) is 3.12. The van der Waals surface area contributed by atoms with Crippen molar-refractivity contribution in [1.29, 1.82) is 5.26 Å². The zero-order valence-electron chi connectivity index (χ0n) is 13.5. The third-order valence-electron chi connectivity index (χ3n) is 3.12. The van der Waals surface area contributed by atoms with Crippen molar-refractivity contribution in [1.82, 2.24) is 0 Å². The van der Waals surface area contributed by atoms with Gasteiger partial charge in [-0.15, -0.1) is 0 Å². The van der Waals surface area contributed by atoms with Gasteiger partial charge in [0.25, 0.3) is 0 Å². The lowest BCUT2D eigenvalue weighted by atomic mass is 10.1. The molecule has 2 rings (SSSR count). The zero-order chi connectivity index (χ0) is 16.2. The Labute approximate surface area is 132 Å². The quantitative estimate of drug-likeness (QED) is 0.653. The van der Waals surface area contributed by atoms with Gasteiger partial charge in [-0.1, -0.05) is 36.4 Å². The first-order chi connectivity index (χ1) is 10.4. The van der Waals surface area contributed by atoms with E-state index < -0.39 is 0 Å². The highest BCUT2D eigenvalue weighted by atomic mass is 15.0. The first kappa shape index (κ1) is 15.8. The molecule has 0 saturated carbocycles. The molecule has 2 aromatic rings. The lowest BCUT2D eigenvalue weighted by Crippen LogP contribution is -2.21. The number of hydrogen-bond acceptors (Lipinski definition) is 2. The molecule has 0 heterocycles. The van der Waals surface area contributed by atoms with Crippen molar-refractivity contribution in [2.75, 3.05) is 5.32 Å². The Balaban J connectivity index is 2.40. The number of anilines is 1. The number of nitriles is 1. The lowest BCUT2D eigenvalue weighted by molar-refractivity contribution is 0.584. The SMILES string of the molecule is Cc1ccc(NC(=NC(C)(C)C)c2ccccc2)cc1C#N. The Morgan fingerprint density at radius 1 is 1.09 bits per heavy atom. The minimum atomic E-state index is -0.194. The monoisotopic (exact) mass is 291 g/mol. The topological polar surface area (TPSA) is 48.2 Å². The summed E-state index contributed by atoms with van der Waals surface area (Å²) < 4.78 is 0. The number of nitrogens with one attached hydrogen (secondary N) is 1. The van der Waals surface area contributed by atoms with E-state index in [2.05, 4.69) is 32.2 Å². The van der Waals surface area contributed by atoms with Gasteiger partial charge in [0.05, 0.1) is 17.2 Å². The van der Waals surface area contributed by atoms with Gasteiger partial charge in [0.1, 0.15) is 5.84 Å². The van der Waals surface area contributed by atoms with Gasteiger partial charge in [-0.05, 0) is 45.4 Å². The molecule has 0 aliphatic carbocycles. The number of aryl methyl sites for hydroxylation is 1. The van der Waals surface area contributed by atoms with Gasteiger partial charge in [0.2, 0.25) is 0 Å². The fourth-order valence-electron chi connectivity index (χ4n) is 2.05. The molecule has 1 N–H and O–H groups in total. The summed E-state index contributed by atoms with van der Waals surface area (Å²) in [5, 5.41) is 12.5. The average Bonchev–Trinajstić information content (AvgIpc) is 2.48. The Hall–Kier alpha value is -2.60. The summed E-state index contributed by atoms with van der Waals surface area (Å²) in [4.78, 5) is 4.77. The summed E-state index contributed by atoms with van der Waals surface area (Å²) >= 11 is 0. The van der Waals surface area contributed by atoms with Crippen LogP contribution in [0.15, 0.2) is 53.5 Å². The van der Waals surface area contributed by atoms with Gasteiger partial charge in [0.15, 0.2) is 0 Å². The molecule has 0 amide bonds. The fourth-order valence-corrected chi connectivity index (χ4v) is 2.05. The number of amidine groups is 1. The Bertz CT molecular complexity index is 717. The summed E-state index contributed by atoms with van der Waals surface area (Å²) in [6.07, 6.45) is 0. The van der Waals surface area contributed by atoms with E-state index in [1.807, 2.05) is 55.5 Å². The van der Waals surface area contributed by atoms with Crippen molar-refractivity contribution in [2.24, 2.45) is 4.99 Å². The molecule has 0 spiro atoms. The van der Waals surface area contributed by atoms with E-state index in [1.165, 1.54) is 0 Å². The number of hydrogen-bond donors (Lipinski definition) is 1. The maximum atomic E-state index is 9.17. The van der Waals surface area contributed by atoms with Crippen LogP contribution in [-0.4, -0.2) is 11.4 Å². The highest BCUT2D eigenvalue weighted by molar-refractivity contribution is 6.08. The minimum absolute atomic E-state index is 0.194. The largest absolute Gasteiger partial charge is 0.340 e. The molecule has 0 fully saturated rings. The van der Waals surface area contributed by atoms with Crippen LogP contribution in [0.1, 0.15) is 37.5 Å². The number of rotatable bonds is 2. The molecule has 0 aromatic heterocycles. The summed E-state index contributed by atoms with van der Waals surface area (Å²) in [6, 6.07) is 18.0. The zero-order valence-corrected chi connectivity index (χ0v) is 13.5. The molecule has 3 heteroatoms. The maximum absolute atomic E-state index is 9.17. The van der Waals surface area contributed by atoms with E-state index >= 15 is 0 Å². The van der Waals surface area contributed by atoms with Crippen LogP contribution in [0.4, 0.5) is 5.69 Å². The van der Waals surface area contributed by atoms with Crippen molar-refractivity contribution in [3.8, 4) is 6.07 Å². The molecule has 3 nitrogen and oxygen atoms in total. The second-order valence-electron chi connectivity index (χ2n) is 6.26. The molecule has 112 valence electrons. The van der Waals surface area contributed by atoms with Crippen molar-refractivity contribution in [3.63, 3.8) is 0 Å². The van der Waals surface area contributed by atoms with Crippen LogP contribution in [0.2, 0.25) is 0 Å². The smallest absolute Gasteiger partial charge is 0.133 e. The van der Waals surface area contributed by atoms with Crippen LogP contribution in [-0.2, 0) is 0 Å². The van der Waals surface area contributed by atoms with Gasteiger partial charge in [0, 0.05) is 11.3 Å². The highest BCUT2D eigenvalue weighted by Gasteiger charge is 2.12. The van der Waals surface area contributed by atoms with Crippen LogP contribution >= 0.6 is 0 Å². The standard InChI is InChI=1S/C19H21N3/c1-14-10-11-17(12-16(14)13-20)21-18(22-19(2,3)4)15-8-6-5-7-9-15/h5-12H,1-4H3,(H,21,22). The molecule has 0 radical (unpaired) electrons. The number of nitrogens with zero attached hydrogens (tertiary/aromatic N) is 2. The first-order valence-corrected chi connectivity index (χ1v) is 7.32. The molecule has 0 bridgehead atoms. The molecule has 0 aliphatic heterocycles. The van der Waals surface area contributed by atoms with E-state index in [4.69, 9.17) is 4.99 Å². The Morgan fingerprint density at radius 3 is 2.36 bits per heavy atom. The van der Waals surface area contributed by atoms with Crippen LogP contribution in [0.3, 0.4) is 0 Å². The lowest BCUT2D eigenvalue weighted by Gasteiger charge is -2.18. The van der Waals surface area contributed by atoms with Crippen molar-refractivity contribution < 1.29 is 0 Å². The van der Waals surface area contributed by atoms with Gasteiger partial charge >= 0.3 is 0 Å². The molecule has 0 saturated heterocycles. The molecular weight excluding hydrogens is 270 g/mol. The van der Waals surface area contributed by atoms with Crippen molar-refractivity contribution in [3.05, 3.63) is 65.2 Å². The highest BCUT2D eigenvalue weighted by Crippen LogP contribution is 2.17. The average molecular weight is 291 g/mol. The summed E-state index contributed by atoms with van der Waals surface area (Å²) in [5.41, 5.74) is 3.35. The predicted octanol–water partition coefficient (Wildman–Crippen LogP) is 4.52. The van der Waals surface area contributed by atoms with Crippen LogP contribution in [0.5, 0.6) is 0 Å². The van der Waals surface area contributed by atoms with Crippen LogP contribution in [0, 0.1) is 18.3 Å². The minimum Gasteiger partial charge on any atom is -0.340 e. The second kappa shape index (κ2) is 6.44. The van der Waals surface area contributed by atoms with Gasteiger partial charge in [-0.25, -0.2) is 0 Å².